The summed E-state index contributed by atoms with van der Waals surface area (Å²) in [7, 11) is 0. The van der Waals surface area contributed by atoms with Crippen molar-refractivity contribution in [3.05, 3.63) is 39.5 Å². The lowest BCUT2D eigenvalue weighted by molar-refractivity contribution is -0.108. The number of hydrogen-bond donors (Lipinski definition) is 0. The number of carbonyl (C=O) groups excluding carboxylic acids is 1. The second-order valence-corrected chi connectivity index (χ2v) is 9.60. The van der Waals surface area contributed by atoms with E-state index in [4.69, 9.17) is 21.3 Å². The highest BCUT2D eigenvalue weighted by Crippen LogP contribution is 2.35. The van der Waals surface area contributed by atoms with Crippen LogP contribution in [0, 0.1) is 11.8 Å². The lowest BCUT2D eigenvalue weighted by Gasteiger charge is -2.33. The summed E-state index contributed by atoms with van der Waals surface area (Å²) in [5.41, 5.74) is 1.13. The van der Waals surface area contributed by atoms with Crippen LogP contribution in [0.1, 0.15) is 12.8 Å². The molecule has 31 heavy (non-hydrogen) atoms. The molecule has 0 bridgehead atoms. The van der Waals surface area contributed by atoms with E-state index in [9.17, 15) is 9.59 Å². The molecule has 0 spiro atoms. The Morgan fingerprint density at radius 3 is 2.58 bits per heavy atom. The Balaban J connectivity index is 1.72. The number of benzene rings is 1. The highest BCUT2D eigenvalue weighted by Gasteiger charge is 2.29. The molecular weight excluding hydrogens is 434 g/mol. The van der Waals surface area contributed by atoms with Gasteiger partial charge in [0, 0.05) is 24.4 Å². The number of thioether (sulfide) groups is 1. The normalized spacial score (nSPS) is 16.6. The van der Waals surface area contributed by atoms with Gasteiger partial charge in [-0.3, -0.25) is 4.79 Å². The third kappa shape index (κ3) is 3.83. The van der Waals surface area contributed by atoms with Crippen LogP contribution in [-0.4, -0.2) is 48.4 Å². The molecule has 0 N–H and O–H groups in total. The van der Waals surface area contributed by atoms with Gasteiger partial charge in [-0.15, -0.1) is 11.8 Å². The van der Waals surface area contributed by atoms with Crippen LogP contribution in [0.25, 0.3) is 21.9 Å². The number of halogens is 1. The molecule has 5 rings (SSSR count). The van der Waals surface area contributed by atoms with E-state index in [1.165, 1.54) is 24.6 Å². The maximum absolute atomic E-state index is 13.3. The first-order valence-corrected chi connectivity index (χ1v) is 12.2. The third-order valence-corrected chi connectivity index (χ3v) is 7.35. The van der Waals surface area contributed by atoms with E-state index >= 15 is 0 Å². The van der Waals surface area contributed by atoms with Gasteiger partial charge < -0.3 is 19.0 Å². The maximum atomic E-state index is 13.3. The number of rotatable bonds is 8. The summed E-state index contributed by atoms with van der Waals surface area (Å²) in [4.78, 5) is 32.9. The predicted molar refractivity (Wildman–Crippen MR) is 126 cm³/mol. The van der Waals surface area contributed by atoms with Crippen LogP contribution in [0.3, 0.4) is 0 Å². The van der Waals surface area contributed by atoms with Crippen molar-refractivity contribution in [3.63, 3.8) is 0 Å². The number of hydrogen-bond acceptors (Lipinski definition) is 6. The molecule has 1 aliphatic heterocycles. The van der Waals surface area contributed by atoms with Gasteiger partial charge in [0.2, 0.25) is 0 Å². The van der Waals surface area contributed by atoms with Gasteiger partial charge in [-0.1, -0.05) is 11.6 Å². The second kappa shape index (κ2) is 8.45. The fourth-order valence-electron chi connectivity index (χ4n) is 4.27. The second-order valence-electron chi connectivity index (χ2n) is 8.38. The Morgan fingerprint density at radius 1 is 1.19 bits per heavy atom. The lowest BCUT2D eigenvalue weighted by Crippen LogP contribution is -2.40. The molecule has 2 aliphatic rings. The smallest absolute Gasteiger partial charge is 0.198 e. The molecule has 0 amide bonds. The van der Waals surface area contributed by atoms with E-state index < -0.39 is 0 Å². The molecule has 8 heteroatoms. The van der Waals surface area contributed by atoms with Crippen LogP contribution < -0.4 is 10.3 Å². The first-order chi connectivity index (χ1) is 15.1. The number of nitrogens with zero attached hydrogens (tertiary/aromatic N) is 3. The largest absolute Gasteiger partial charge is 0.381 e. The molecule has 6 nitrogen and oxygen atoms in total. The monoisotopic (exact) mass is 457 g/mol. The summed E-state index contributed by atoms with van der Waals surface area (Å²) in [5.74, 6) is 2.05. The van der Waals surface area contributed by atoms with Crippen LogP contribution in [0.5, 0.6) is 0 Å². The standard InChI is InChI=1S/C23H24ClN3O3S/c1-31-22-18(24)6-4-16-20(22)27(8-9-28)23-17(21(16)29)5-7-19(25-23)26(10-14-2-3-14)11-15-12-30-13-15/h4-7,9,14-15H,2-3,8,10-13H2,1H3. The summed E-state index contributed by atoms with van der Waals surface area (Å²) in [6.07, 6.45) is 5.27. The van der Waals surface area contributed by atoms with Gasteiger partial charge in [-0.25, -0.2) is 4.98 Å². The molecule has 3 aromatic rings. The number of aromatic nitrogens is 2. The van der Waals surface area contributed by atoms with Crippen LogP contribution in [0.15, 0.2) is 34.0 Å². The summed E-state index contributed by atoms with van der Waals surface area (Å²) >= 11 is 7.91. The van der Waals surface area contributed by atoms with Gasteiger partial charge in [0.05, 0.1) is 40.6 Å². The van der Waals surface area contributed by atoms with Crippen molar-refractivity contribution in [3.8, 4) is 0 Å². The minimum Gasteiger partial charge on any atom is -0.381 e. The number of aldehydes is 1. The quantitative estimate of drug-likeness (QED) is 0.289. The fraction of sp³-hybridized carbons (Fsp3) is 0.435. The minimum atomic E-state index is -0.0840. The summed E-state index contributed by atoms with van der Waals surface area (Å²) in [5, 5.41) is 1.64. The van der Waals surface area contributed by atoms with Crippen LogP contribution in [-0.2, 0) is 16.1 Å². The fourth-order valence-corrected chi connectivity index (χ4v) is 5.33. The van der Waals surface area contributed by atoms with E-state index in [0.717, 1.165) is 43.3 Å². The van der Waals surface area contributed by atoms with Crippen molar-refractivity contribution >= 4 is 57.4 Å². The Kier molecular flexibility index (Phi) is 5.67. The zero-order chi connectivity index (χ0) is 21.5. The summed E-state index contributed by atoms with van der Waals surface area (Å²) in [6.45, 7) is 3.52. The average Bonchev–Trinajstić information content (AvgIpc) is 3.56. The van der Waals surface area contributed by atoms with Gasteiger partial charge in [0.25, 0.3) is 0 Å². The van der Waals surface area contributed by atoms with Crippen LogP contribution in [0.2, 0.25) is 5.02 Å². The molecule has 0 radical (unpaired) electrons. The first kappa shape index (κ1) is 20.8. The molecule has 0 atom stereocenters. The molecule has 2 fully saturated rings. The molecule has 1 saturated heterocycles. The zero-order valence-electron chi connectivity index (χ0n) is 17.3. The number of ether oxygens (including phenoxy) is 1. The highest BCUT2D eigenvalue weighted by molar-refractivity contribution is 7.99. The van der Waals surface area contributed by atoms with Crippen LogP contribution >= 0.6 is 23.4 Å². The first-order valence-electron chi connectivity index (χ1n) is 10.6. The van der Waals surface area contributed by atoms with Crippen molar-refractivity contribution in [2.24, 2.45) is 11.8 Å². The average molecular weight is 458 g/mol. The minimum absolute atomic E-state index is 0.0840. The number of fused-ring (bicyclic) bond motifs is 2. The molecule has 1 aromatic carbocycles. The number of anilines is 1. The maximum Gasteiger partial charge on any atom is 0.198 e. The van der Waals surface area contributed by atoms with Gasteiger partial charge in [-0.05, 0) is 49.3 Å². The number of carbonyl (C=O) groups is 1. The Morgan fingerprint density at radius 2 is 1.94 bits per heavy atom. The van der Waals surface area contributed by atoms with E-state index in [1.807, 2.05) is 23.0 Å². The SMILES string of the molecule is CSc1c(Cl)ccc2c(=O)c3ccc(N(CC4CC4)CC4COC4)nc3n(CC=O)c12. The summed E-state index contributed by atoms with van der Waals surface area (Å²) < 4.78 is 7.20. The van der Waals surface area contributed by atoms with Crippen molar-refractivity contribution < 1.29 is 9.53 Å². The van der Waals surface area contributed by atoms with E-state index in [1.54, 1.807) is 12.1 Å². The Labute approximate surface area is 189 Å². The van der Waals surface area contributed by atoms with Gasteiger partial charge in [0.1, 0.15) is 17.8 Å². The van der Waals surface area contributed by atoms with Gasteiger partial charge >= 0.3 is 0 Å². The molecule has 1 saturated carbocycles. The van der Waals surface area contributed by atoms with Crippen LogP contribution in [0.4, 0.5) is 5.82 Å². The molecule has 3 heterocycles. The van der Waals surface area contributed by atoms with E-state index in [-0.39, 0.29) is 12.0 Å². The highest BCUT2D eigenvalue weighted by atomic mass is 35.5. The van der Waals surface area contributed by atoms with E-state index in [0.29, 0.717) is 38.8 Å². The Hall–Kier alpha value is -2.09. The van der Waals surface area contributed by atoms with Gasteiger partial charge in [-0.2, -0.15) is 0 Å². The van der Waals surface area contributed by atoms with Crippen molar-refractivity contribution in [1.29, 1.82) is 0 Å². The molecule has 162 valence electrons. The van der Waals surface area contributed by atoms with Gasteiger partial charge in [0.15, 0.2) is 5.43 Å². The van der Waals surface area contributed by atoms with E-state index in [2.05, 4.69) is 4.90 Å². The molecule has 2 aromatic heterocycles. The topological polar surface area (TPSA) is 64.4 Å². The van der Waals surface area contributed by atoms with Crippen molar-refractivity contribution in [2.45, 2.75) is 24.3 Å². The predicted octanol–water partition coefficient (Wildman–Crippen LogP) is 3.99. The number of pyridine rings is 2. The summed E-state index contributed by atoms with van der Waals surface area (Å²) in [6, 6.07) is 7.28. The van der Waals surface area contributed by atoms with Crippen molar-refractivity contribution in [2.75, 3.05) is 37.5 Å². The zero-order valence-corrected chi connectivity index (χ0v) is 18.9. The lowest BCUT2D eigenvalue weighted by atomic mass is 10.1. The van der Waals surface area contributed by atoms with Crippen molar-refractivity contribution in [1.82, 2.24) is 9.55 Å². The molecular formula is C23H24ClN3O3S. The molecule has 1 aliphatic carbocycles. The molecule has 0 unspecified atom stereocenters. The third-order valence-electron chi connectivity index (χ3n) is 6.11. The Bertz CT molecular complexity index is 1220.